The molecule has 0 aromatic heterocycles. The average molecular weight is 264 g/mol. The number of piperazine rings is 1. The van der Waals surface area contributed by atoms with Gasteiger partial charge in [0.15, 0.2) is 0 Å². The minimum absolute atomic E-state index is 0.235. The van der Waals surface area contributed by atoms with Gasteiger partial charge in [0.2, 0.25) is 0 Å². The lowest BCUT2D eigenvalue weighted by atomic mass is 10.1. The number of aliphatic hydroxyl groups excluding tert-OH is 1. The molecule has 0 aliphatic carbocycles. The van der Waals surface area contributed by atoms with E-state index in [9.17, 15) is 5.11 Å². The molecule has 0 amide bonds. The van der Waals surface area contributed by atoms with Crippen LogP contribution in [0.1, 0.15) is 12.5 Å². The molecule has 1 aliphatic rings. The molecule has 1 unspecified atom stereocenters. The first-order valence-electron chi connectivity index (χ1n) is 6.93. The van der Waals surface area contributed by atoms with Crippen LogP contribution in [0.5, 0.6) is 5.75 Å². The molecule has 1 fully saturated rings. The summed E-state index contributed by atoms with van der Waals surface area (Å²) in [5, 5.41) is 9.40. The molecule has 1 N–H and O–H groups in total. The number of hydrogen-bond donors (Lipinski definition) is 1. The van der Waals surface area contributed by atoms with Gasteiger partial charge in [0, 0.05) is 44.8 Å². The van der Waals surface area contributed by atoms with Gasteiger partial charge in [0.05, 0.1) is 13.2 Å². The van der Waals surface area contributed by atoms with Crippen LogP contribution in [0.2, 0.25) is 0 Å². The van der Waals surface area contributed by atoms with Crippen molar-refractivity contribution in [2.24, 2.45) is 0 Å². The topological polar surface area (TPSA) is 35.9 Å². The van der Waals surface area contributed by atoms with Gasteiger partial charge in [-0.3, -0.25) is 9.80 Å². The lowest BCUT2D eigenvalue weighted by molar-refractivity contribution is 0.0778. The van der Waals surface area contributed by atoms with Crippen molar-refractivity contribution in [3.63, 3.8) is 0 Å². The molecule has 106 valence electrons. The first kappa shape index (κ1) is 14.3. The van der Waals surface area contributed by atoms with Gasteiger partial charge in [0.25, 0.3) is 0 Å². The summed E-state index contributed by atoms with van der Waals surface area (Å²) in [6.45, 7) is 7.71. The van der Waals surface area contributed by atoms with Crippen LogP contribution >= 0.6 is 0 Å². The molecule has 1 aliphatic heterocycles. The van der Waals surface area contributed by atoms with Crippen molar-refractivity contribution in [3.8, 4) is 5.75 Å². The molecule has 4 nitrogen and oxygen atoms in total. The first-order valence-corrected chi connectivity index (χ1v) is 6.93. The lowest BCUT2D eigenvalue weighted by Gasteiger charge is -2.35. The van der Waals surface area contributed by atoms with Gasteiger partial charge in [-0.2, -0.15) is 0 Å². The quantitative estimate of drug-likeness (QED) is 0.867. The Hall–Kier alpha value is -1.10. The van der Waals surface area contributed by atoms with E-state index in [-0.39, 0.29) is 6.10 Å². The minimum atomic E-state index is -0.235. The molecule has 2 rings (SSSR count). The van der Waals surface area contributed by atoms with E-state index < -0.39 is 0 Å². The summed E-state index contributed by atoms with van der Waals surface area (Å²) >= 11 is 0. The van der Waals surface area contributed by atoms with E-state index in [1.54, 1.807) is 7.11 Å². The van der Waals surface area contributed by atoms with E-state index in [0.717, 1.165) is 45.0 Å². The Bertz CT molecular complexity index is 387. The summed E-state index contributed by atoms with van der Waals surface area (Å²) in [5.74, 6) is 0.967. The van der Waals surface area contributed by atoms with Gasteiger partial charge in [-0.05, 0) is 13.0 Å². The Morgan fingerprint density at radius 1 is 1.16 bits per heavy atom. The third kappa shape index (κ3) is 4.20. The largest absolute Gasteiger partial charge is 0.496 e. The summed E-state index contributed by atoms with van der Waals surface area (Å²) in [6.07, 6.45) is -0.235. The van der Waals surface area contributed by atoms with E-state index >= 15 is 0 Å². The molecule has 1 saturated heterocycles. The highest BCUT2D eigenvalue weighted by molar-refractivity contribution is 5.33. The summed E-state index contributed by atoms with van der Waals surface area (Å²) < 4.78 is 5.39. The Labute approximate surface area is 115 Å². The van der Waals surface area contributed by atoms with Crippen molar-refractivity contribution in [2.45, 2.75) is 19.6 Å². The molecule has 4 heteroatoms. The third-order valence-electron chi connectivity index (χ3n) is 3.57. The van der Waals surface area contributed by atoms with Crippen LogP contribution < -0.4 is 4.74 Å². The number of rotatable bonds is 5. The number of para-hydroxylation sites is 1. The molecule has 0 radical (unpaired) electrons. The fourth-order valence-electron chi connectivity index (χ4n) is 2.58. The van der Waals surface area contributed by atoms with Gasteiger partial charge in [-0.25, -0.2) is 0 Å². The zero-order chi connectivity index (χ0) is 13.7. The Morgan fingerprint density at radius 2 is 1.79 bits per heavy atom. The van der Waals surface area contributed by atoms with Gasteiger partial charge in [-0.15, -0.1) is 0 Å². The highest BCUT2D eigenvalue weighted by atomic mass is 16.5. The molecule has 19 heavy (non-hydrogen) atoms. The normalized spacial score (nSPS) is 19.3. The highest BCUT2D eigenvalue weighted by Gasteiger charge is 2.18. The van der Waals surface area contributed by atoms with E-state index in [1.807, 2.05) is 19.1 Å². The van der Waals surface area contributed by atoms with Crippen LogP contribution in [-0.4, -0.2) is 60.8 Å². The Balaban J connectivity index is 1.85. The van der Waals surface area contributed by atoms with Crippen molar-refractivity contribution in [1.82, 2.24) is 9.80 Å². The van der Waals surface area contributed by atoms with Crippen molar-refractivity contribution in [1.29, 1.82) is 0 Å². The molecule has 0 saturated carbocycles. The fourth-order valence-corrected chi connectivity index (χ4v) is 2.58. The first-order chi connectivity index (χ1) is 9.19. The van der Waals surface area contributed by atoms with Crippen molar-refractivity contribution in [2.75, 3.05) is 39.8 Å². The number of β-amino-alcohol motifs (C(OH)–C–C–N with tert-alkyl or cyclic N) is 1. The van der Waals surface area contributed by atoms with Crippen LogP contribution in [0.15, 0.2) is 24.3 Å². The van der Waals surface area contributed by atoms with Gasteiger partial charge < -0.3 is 9.84 Å². The summed E-state index contributed by atoms with van der Waals surface area (Å²) in [4.78, 5) is 4.76. The molecule has 1 aromatic carbocycles. The second-order valence-corrected chi connectivity index (χ2v) is 5.24. The predicted octanol–water partition coefficient (Wildman–Crippen LogP) is 1.19. The van der Waals surface area contributed by atoms with E-state index in [1.165, 1.54) is 5.56 Å². The standard InChI is InChI=1S/C15H24N2O2/c1-13(18)11-16-7-9-17(10-8-16)12-14-5-3-4-6-15(14)19-2/h3-6,13,18H,7-12H2,1-2H3. The maximum atomic E-state index is 9.40. The number of aliphatic hydroxyl groups is 1. The van der Waals surface area contributed by atoms with E-state index in [2.05, 4.69) is 21.9 Å². The predicted molar refractivity (Wildman–Crippen MR) is 76.4 cm³/mol. The highest BCUT2D eigenvalue weighted by Crippen LogP contribution is 2.19. The minimum Gasteiger partial charge on any atom is -0.496 e. The molecular weight excluding hydrogens is 240 g/mol. The molecule has 0 spiro atoms. The van der Waals surface area contributed by atoms with Gasteiger partial charge in [-0.1, -0.05) is 18.2 Å². The van der Waals surface area contributed by atoms with Crippen molar-refractivity contribution >= 4 is 0 Å². The second kappa shape index (κ2) is 6.89. The summed E-state index contributed by atoms with van der Waals surface area (Å²) in [7, 11) is 1.72. The zero-order valence-corrected chi connectivity index (χ0v) is 11.9. The van der Waals surface area contributed by atoms with Crippen molar-refractivity contribution in [3.05, 3.63) is 29.8 Å². The van der Waals surface area contributed by atoms with Crippen LogP contribution in [-0.2, 0) is 6.54 Å². The van der Waals surface area contributed by atoms with Crippen LogP contribution in [0.4, 0.5) is 0 Å². The SMILES string of the molecule is COc1ccccc1CN1CCN(CC(C)O)CC1. The van der Waals surface area contributed by atoms with E-state index in [0.29, 0.717) is 0 Å². The molecular formula is C15H24N2O2. The average Bonchev–Trinajstić information content (AvgIpc) is 2.41. The van der Waals surface area contributed by atoms with Crippen LogP contribution in [0.3, 0.4) is 0 Å². The number of nitrogens with zero attached hydrogens (tertiary/aromatic N) is 2. The van der Waals surface area contributed by atoms with E-state index in [4.69, 9.17) is 4.74 Å². The van der Waals surface area contributed by atoms with Crippen molar-refractivity contribution < 1.29 is 9.84 Å². The van der Waals surface area contributed by atoms with Crippen LogP contribution in [0.25, 0.3) is 0 Å². The third-order valence-corrected chi connectivity index (χ3v) is 3.57. The van der Waals surface area contributed by atoms with Gasteiger partial charge in [0.1, 0.15) is 5.75 Å². The monoisotopic (exact) mass is 264 g/mol. The Morgan fingerprint density at radius 3 is 2.42 bits per heavy atom. The zero-order valence-electron chi connectivity index (χ0n) is 11.9. The maximum Gasteiger partial charge on any atom is 0.123 e. The van der Waals surface area contributed by atoms with Gasteiger partial charge >= 0.3 is 0 Å². The molecule has 0 bridgehead atoms. The number of ether oxygens (including phenoxy) is 1. The number of hydrogen-bond acceptors (Lipinski definition) is 4. The second-order valence-electron chi connectivity index (χ2n) is 5.24. The summed E-state index contributed by atoms with van der Waals surface area (Å²) in [6, 6.07) is 8.20. The molecule has 1 aromatic rings. The molecule has 1 heterocycles. The fraction of sp³-hybridized carbons (Fsp3) is 0.600. The Kier molecular flexibility index (Phi) is 5.19. The number of benzene rings is 1. The number of methoxy groups -OCH3 is 1. The smallest absolute Gasteiger partial charge is 0.123 e. The van der Waals surface area contributed by atoms with Crippen LogP contribution in [0, 0.1) is 0 Å². The summed E-state index contributed by atoms with van der Waals surface area (Å²) in [5.41, 5.74) is 1.24. The maximum absolute atomic E-state index is 9.40. The lowest BCUT2D eigenvalue weighted by Crippen LogP contribution is -2.47. The molecule has 1 atom stereocenters.